The van der Waals surface area contributed by atoms with Crippen LogP contribution in [-0.4, -0.2) is 35.2 Å². The molecule has 0 saturated carbocycles. The Morgan fingerprint density at radius 1 is 1.06 bits per heavy atom. The summed E-state index contributed by atoms with van der Waals surface area (Å²) in [4.78, 5) is 9.51. The molecule has 0 spiro atoms. The van der Waals surface area contributed by atoms with Crippen LogP contribution in [0.15, 0.2) is 54.7 Å². The number of aryl methyl sites for hydroxylation is 2. The zero-order valence-corrected chi connectivity index (χ0v) is 18.6. The standard InChI is InChI=1S/C24H22ClN7/c1-3-7-21-27-22-15(2)10-11-26-24(22)32(21)14-17-12-19(23-28-30-31-29-23)18(13-20(17)25)16-8-5-4-6-9-16/h4-6,8-13H,3,7,14H2,1-2H3,(H,28,29,30,31). The Morgan fingerprint density at radius 3 is 2.66 bits per heavy atom. The van der Waals surface area contributed by atoms with Crippen LogP contribution in [0.5, 0.6) is 0 Å². The molecule has 32 heavy (non-hydrogen) atoms. The van der Waals surface area contributed by atoms with E-state index in [1.165, 1.54) is 0 Å². The maximum atomic E-state index is 6.82. The number of halogens is 1. The summed E-state index contributed by atoms with van der Waals surface area (Å²) in [5, 5.41) is 15.4. The fourth-order valence-electron chi connectivity index (χ4n) is 3.99. The molecule has 1 N–H and O–H groups in total. The number of aromatic amines is 1. The highest BCUT2D eigenvalue weighted by Crippen LogP contribution is 2.35. The highest BCUT2D eigenvalue weighted by atomic mass is 35.5. The lowest BCUT2D eigenvalue weighted by Gasteiger charge is -2.14. The molecular weight excluding hydrogens is 422 g/mol. The van der Waals surface area contributed by atoms with Crippen LogP contribution in [0.25, 0.3) is 33.7 Å². The monoisotopic (exact) mass is 443 g/mol. The van der Waals surface area contributed by atoms with Gasteiger partial charge in [-0.3, -0.25) is 0 Å². The highest BCUT2D eigenvalue weighted by molar-refractivity contribution is 6.31. The molecule has 0 amide bonds. The first-order valence-corrected chi connectivity index (χ1v) is 11.0. The van der Waals surface area contributed by atoms with E-state index in [0.29, 0.717) is 17.4 Å². The van der Waals surface area contributed by atoms with Crippen LogP contribution < -0.4 is 0 Å². The minimum atomic E-state index is 0.528. The predicted molar refractivity (Wildman–Crippen MR) is 125 cm³/mol. The number of pyridine rings is 1. The van der Waals surface area contributed by atoms with Gasteiger partial charge in [0.2, 0.25) is 5.82 Å². The number of nitrogens with zero attached hydrogens (tertiary/aromatic N) is 6. The summed E-state index contributed by atoms with van der Waals surface area (Å²) in [5.41, 5.74) is 6.74. The summed E-state index contributed by atoms with van der Waals surface area (Å²) in [6, 6.07) is 16.1. The minimum absolute atomic E-state index is 0.528. The lowest BCUT2D eigenvalue weighted by molar-refractivity contribution is 0.717. The van der Waals surface area contributed by atoms with Crippen LogP contribution in [0.1, 0.15) is 30.3 Å². The molecule has 0 bridgehead atoms. The fourth-order valence-corrected chi connectivity index (χ4v) is 4.21. The van der Waals surface area contributed by atoms with Gasteiger partial charge in [-0.05, 0) is 59.0 Å². The van der Waals surface area contributed by atoms with Gasteiger partial charge in [-0.15, -0.1) is 10.2 Å². The molecule has 3 heterocycles. The fraction of sp³-hybridized carbons (Fsp3) is 0.208. The first-order chi connectivity index (χ1) is 15.7. The van der Waals surface area contributed by atoms with Crippen molar-refractivity contribution in [3.05, 3.63) is 76.7 Å². The smallest absolute Gasteiger partial charge is 0.205 e. The molecule has 0 aliphatic rings. The zero-order chi connectivity index (χ0) is 22.1. The van der Waals surface area contributed by atoms with E-state index in [0.717, 1.165) is 57.6 Å². The third-order valence-corrected chi connectivity index (χ3v) is 5.93. The summed E-state index contributed by atoms with van der Waals surface area (Å²) < 4.78 is 2.16. The highest BCUT2D eigenvalue weighted by Gasteiger charge is 2.18. The van der Waals surface area contributed by atoms with Gasteiger partial charge in [0, 0.05) is 23.2 Å². The lowest BCUT2D eigenvalue weighted by Crippen LogP contribution is -2.07. The van der Waals surface area contributed by atoms with E-state index in [9.17, 15) is 0 Å². The number of nitrogens with one attached hydrogen (secondary N) is 1. The molecule has 5 rings (SSSR count). The average Bonchev–Trinajstić information content (AvgIpc) is 3.46. The Balaban J connectivity index is 1.67. The molecular formula is C24H22ClN7. The number of tetrazole rings is 1. The number of H-pyrrole nitrogens is 1. The van der Waals surface area contributed by atoms with Gasteiger partial charge in [-0.1, -0.05) is 48.9 Å². The van der Waals surface area contributed by atoms with Crippen molar-refractivity contribution in [2.45, 2.75) is 33.2 Å². The Kier molecular flexibility index (Phi) is 5.41. The summed E-state index contributed by atoms with van der Waals surface area (Å²) in [7, 11) is 0. The van der Waals surface area contributed by atoms with Gasteiger partial charge in [0.15, 0.2) is 5.65 Å². The summed E-state index contributed by atoms with van der Waals surface area (Å²) >= 11 is 6.82. The van der Waals surface area contributed by atoms with Crippen molar-refractivity contribution in [1.29, 1.82) is 0 Å². The number of rotatable bonds is 6. The molecule has 0 aliphatic carbocycles. The van der Waals surface area contributed by atoms with Crippen molar-refractivity contribution in [3.63, 3.8) is 0 Å². The van der Waals surface area contributed by atoms with Crippen LogP contribution in [0.4, 0.5) is 0 Å². The van der Waals surface area contributed by atoms with Gasteiger partial charge >= 0.3 is 0 Å². The molecule has 8 heteroatoms. The minimum Gasteiger partial charge on any atom is -0.308 e. The second kappa shape index (κ2) is 8.51. The quantitative estimate of drug-likeness (QED) is 0.388. The molecule has 0 aliphatic heterocycles. The summed E-state index contributed by atoms with van der Waals surface area (Å²) in [6.07, 6.45) is 3.70. The van der Waals surface area contributed by atoms with Gasteiger partial charge in [0.05, 0.1) is 6.54 Å². The maximum Gasteiger partial charge on any atom is 0.205 e. The number of fused-ring (bicyclic) bond motifs is 1. The summed E-state index contributed by atoms with van der Waals surface area (Å²) in [6.45, 7) is 4.77. The van der Waals surface area contributed by atoms with Crippen LogP contribution >= 0.6 is 11.6 Å². The number of aromatic nitrogens is 7. The van der Waals surface area contributed by atoms with Gasteiger partial charge < -0.3 is 4.57 Å². The Bertz CT molecular complexity index is 1380. The van der Waals surface area contributed by atoms with Crippen molar-refractivity contribution >= 4 is 22.8 Å². The number of hydrogen-bond donors (Lipinski definition) is 1. The third-order valence-electron chi connectivity index (χ3n) is 5.57. The molecule has 0 atom stereocenters. The van der Waals surface area contributed by atoms with Crippen molar-refractivity contribution in [2.75, 3.05) is 0 Å². The number of imidazole rings is 1. The third kappa shape index (κ3) is 3.65. The first kappa shape index (κ1) is 20.3. The second-order valence-electron chi connectivity index (χ2n) is 7.75. The van der Waals surface area contributed by atoms with E-state index in [1.54, 1.807) is 0 Å². The van der Waals surface area contributed by atoms with E-state index in [1.807, 2.05) is 54.7 Å². The lowest BCUT2D eigenvalue weighted by atomic mass is 9.97. The summed E-state index contributed by atoms with van der Waals surface area (Å²) in [5.74, 6) is 1.54. The second-order valence-corrected chi connectivity index (χ2v) is 8.16. The average molecular weight is 444 g/mol. The van der Waals surface area contributed by atoms with E-state index in [2.05, 4.69) is 44.0 Å². The zero-order valence-electron chi connectivity index (χ0n) is 17.9. The Hall–Kier alpha value is -3.58. The largest absolute Gasteiger partial charge is 0.308 e. The number of benzene rings is 2. The molecule has 7 nitrogen and oxygen atoms in total. The van der Waals surface area contributed by atoms with Crippen molar-refractivity contribution in [1.82, 2.24) is 35.2 Å². The van der Waals surface area contributed by atoms with Crippen LogP contribution in [0.2, 0.25) is 5.02 Å². The predicted octanol–water partition coefficient (Wildman–Crippen LogP) is 5.24. The molecule has 0 fully saturated rings. The molecule has 2 aromatic carbocycles. The Morgan fingerprint density at radius 2 is 1.91 bits per heavy atom. The van der Waals surface area contributed by atoms with Crippen molar-refractivity contribution < 1.29 is 0 Å². The van der Waals surface area contributed by atoms with Crippen LogP contribution in [-0.2, 0) is 13.0 Å². The Labute approximate surface area is 190 Å². The van der Waals surface area contributed by atoms with E-state index < -0.39 is 0 Å². The molecule has 0 radical (unpaired) electrons. The van der Waals surface area contributed by atoms with Crippen molar-refractivity contribution in [3.8, 4) is 22.5 Å². The molecule has 0 saturated heterocycles. The van der Waals surface area contributed by atoms with Crippen molar-refractivity contribution in [2.24, 2.45) is 0 Å². The van der Waals surface area contributed by atoms with Gasteiger partial charge in [0.1, 0.15) is 11.3 Å². The van der Waals surface area contributed by atoms with Crippen LogP contribution in [0, 0.1) is 6.92 Å². The van der Waals surface area contributed by atoms with E-state index >= 15 is 0 Å². The first-order valence-electron chi connectivity index (χ1n) is 10.6. The maximum absolute atomic E-state index is 6.82. The van der Waals surface area contributed by atoms with E-state index in [-0.39, 0.29) is 0 Å². The van der Waals surface area contributed by atoms with E-state index in [4.69, 9.17) is 16.6 Å². The molecule has 0 unspecified atom stereocenters. The molecule has 160 valence electrons. The SMILES string of the molecule is CCCc1nc2c(C)ccnc2n1Cc1cc(-c2nn[nH]n2)c(-c2ccccc2)cc1Cl. The van der Waals surface area contributed by atoms with Gasteiger partial charge in [-0.25, -0.2) is 9.97 Å². The number of hydrogen-bond acceptors (Lipinski definition) is 5. The van der Waals surface area contributed by atoms with Gasteiger partial charge in [-0.2, -0.15) is 5.21 Å². The van der Waals surface area contributed by atoms with Crippen LogP contribution in [0.3, 0.4) is 0 Å². The topological polar surface area (TPSA) is 85.2 Å². The molecule has 3 aromatic heterocycles. The molecule has 5 aromatic rings. The normalized spacial score (nSPS) is 11.3. The van der Waals surface area contributed by atoms with Gasteiger partial charge in [0.25, 0.3) is 0 Å².